The van der Waals surface area contributed by atoms with Gasteiger partial charge in [-0.25, -0.2) is 4.98 Å². The van der Waals surface area contributed by atoms with E-state index in [4.69, 9.17) is 15.0 Å². The highest BCUT2D eigenvalue weighted by molar-refractivity contribution is 7.38. The molecule has 10 heterocycles. The molecule has 0 unspecified atom stereocenters. The molecule has 131 heavy (non-hydrogen) atoms. The predicted molar refractivity (Wildman–Crippen MR) is 570 cm³/mol. The smallest absolute Gasteiger partial charge is 0.238 e. The molecule has 0 spiro atoms. The number of para-hydroxylation sites is 3. The Labute approximate surface area is 772 Å². The Hall–Kier alpha value is -15.4. The highest BCUT2D eigenvalue weighted by Gasteiger charge is 2.30. The summed E-state index contributed by atoms with van der Waals surface area (Å²) in [4.78, 5) is 15.2. The maximum absolute atomic E-state index is 5.11. The van der Waals surface area contributed by atoms with Gasteiger partial charge in [0.05, 0.1) is 86.8 Å². The fourth-order valence-electron chi connectivity index (χ4n) is 21.0. The summed E-state index contributed by atoms with van der Waals surface area (Å²) in [6, 6.07) is 149. The maximum Gasteiger partial charge on any atom is 0.238 e. The molecule has 30 rings (SSSR count). The molecule has 0 aliphatic rings. The zero-order valence-corrected chi connectivity index (χ0v) is 74.8. The van der Waals surface area contributed by atoms with Crippen molar-refractivity contribution in [2.75, 3.05) is 0 Å². The molecule has 610 valence electrons. The van der Waals surface area contributed by atoms with Crippen molar-refractivity contribution in [2.45, 2.75) is 0 Å². The van der Waals surface area contributed by atoms with Crippen LogP contribution >= 0.6 is 68.0 Å². The van der Waals surface area contributed by atoms with Crippen molar-refractivity contribution in [3.8, 4) is 62.4 Å². The van der Waals surface area contributed by atoms with E-state index in [1.807, 2.05) is 104 Å². The fourth-order valence-corrected chi connectivity index (χ4v) is 29.4. The van der Waals surface area contributed by atoms with Crippen LogP contribution in [0.4, 0.5) is 0 Å². The Balaban J connectivity index is 0.0000000988. The van der Waals surface area contributed by atoms with E-state index in [0.717, 1.165) is 16.6 Å². The number of aromatic nitrogens is 6. The van der Waals surface area contributed by atoms with Crippen molar-refractivity contribution in [3.05, 3.63) is 413 Å². The minimum Gasteiger partial charge on any atom is -0.306 e. The lowest BCUT2D eigenvalue weighted by atomic mass is 9.89. The summed E-state index contributed by atoms with van der Waals surface area (Å²) < 4.78 is 23.6. The van der Waals surface area contributed by atoms with E-state index in [1.165, 1.54) is 236 Å². The van der Waals surface area contributed by atoms with Crippen LogP contribution < -0.4 is 0 Å². The molecule has 6 nitrogen and oxygen atoms in total. The van der Waals surface area contributed by atoms with Gasteiger partial charge in [-0.1, -0.05) is 370 Å². The minimum absolute atomic E-state index is 0.630. The molecule has 0 aliphatic heterocycles. The SMILES string of the molecule is c1ccc(-c2c3ccccc3c(-n3c4ccccc4c4sc5c(sc6ccc7ccccc7c65)c43)c3ccccc23)cc1.c1ccc(-c2nc(-c3ccccc3)nc(-n3c4ccccc4c4sc5c(sc6ccc7ccccc7c65)c43)n2)cc1.c1ccc2cc(-c3c4ccccc4c(-n4c5ccccc5c5sc6c(sc7ccc8ccccc8c76)c54)c4ccccc34)ccc2c1. The average molecular weight is 1770 g/mol. The van der Waals surface area contributed by atoms with Crippen LogP contribution in [0.25, 0.3) is 270 Å². The lowest BCUT2D eigenvalue weighted by Crippen LogP contribution is -2.06. The average Bonchev–Trinajstić information content (AvgIpc) is 1.54. The van der Waals surface area contributed by atoms with Crippen LogP contribution in [0.2, 0.25) is 0 Å². The van der Waals surface area contributed by atoms with Crippen molar-refractivity contribution < 1.29 is 0 Å². The topological polar surface area (TPSA) is 53.5 Å². The Kier molecular flexibility index (Phi) is 16.9. The van der Waals surface area contributed by atoms with Crippen molar-refractivity contribution in [2.24, 2.45) is 0 Å². The summed E-state index contributed by atoms with van der Waals surface area (Å²) in [6.45, 7) is 0. The molecule has 0 radical (unpaired) electrons. The Morgan fingerprint density at radius 3 is 0.840 bits per heavy atom. The van der Waals surface area contributed by atoms with E-state index in [9.17, 15) is 0 Å². The summed E-state index contributed by atoms with van der Waals surface area (Å²) >= 11 is 11.5. The monoisotopic (exact) mass is 1770 g/mol. The minimum atomic E-state index is 0.630. The summed E-state index contributed by atoms with van der Waals surface area (Å²) in [7, 11) is 0. The summed E-state index contributed by atoms with van der Waals surface area (Å²) in [5, 5.41) is 28.5. The van der Waals surface area contributed by atoms with Crippen molar-refractivity contribution in [3.63, 3.8) is 0 Å². The van der Waals surface area contributed by atoms with Gasteiger partial charge in [0.15, 0.2) is 11.6 Å². The molecular weight excluding hydrogens is 1710 g/mol. The first-order chi connectivity index (χ1) is 65.0. The predicted octanol–water partition coefficient (Wildman–Crippen LogP) is 35.7. The maximum atomic E-state index is 5.11. The molecule has 0 saturated carbocycles. The van der Waals surface area contributed by atoms with Gasteiger partial charge in [-0.15, -0.1) is 68.0 Å². The van der Waals surface area contributed by atoms with Crippen LogP contribution in [-0.4, -0.2) is 28.7 Å². The quantitative estimate of drug-likeness (QED) is 0.149. The van der Waals surface area contributed by atoms with E-state index in [0.29, 0.717) is 17.6 Å². The number of nitrogens with zero attached hydrogens (tertiary/aromatic N) is 6. The first-order valence-corrected chi connectivity index (χ1v) is 49.0. The number of thiophene rings is 6. The number of hydrogen-bond donors (Lipinski definition) is 0. The molecule has 0 aliphatic carbocycles. The first kappa shape index (κ1) is 74.7. The molecule has 0 amide bonds. The molecule has 0 atom stereocenters. The van der Waals surface area contributed by atoms with E-state index >= 15 is 0 Å². The van der Waals surface area contributed by atoms with Gasteiger partial charge >= 0.3 is 0 Å². The Morgan fingerprint density at radius 2 is 0.458 bits per heavy atom. The zero-order chi connectivity index (χ0) is 85.6. The van der Waals surface area contributed by atoms with Crippen LogP contribution in [0.15, 0.2) is 413 Å². The van der Waals surface area contributed by atoms with Crippen LogP contribution in [-0.2, 0) is 0 Å². The van der Waals surface area contributed by atoms with Crippen LogP contribution in [0.5, 0.6) is 0 Å². The first-order valence-electron chi connectivity index (χ1n) is 44.1. The summed E-state index contributed by atoms with van der Waals surface area (Å²) in [5.41, 5.74) is 17.0. The third-order valence-corrected chi connectivity index (χ3v) is 34.2. The van der Waals surface area contributed by atoms with Gasteiger partial charge in [-0.3, -0.25) is 4.57 Å². The second-order valence-corrected chi connectivity index (χ2v) is 39.9. The summed E-state index contributed by atoms with van der Waals surface area (Å²) in [6.07, 6.45) is 0. The number of fused-ring (bicyclic) bond motifs is 32. The molecule has 0 bridgehead atoms. The molecular formula is C119H68N6S6. The molecule has 10 aromatic heterocycles. The van der Waals surface area contributed by atoms with Gasteiger partial charge in [0.2, 0.25) is 5.95 Å². The van der Waals surface area contributed by atoms with Crippen molar-refractivity contribution in [1.29, 1.82) is 0 Å². The highest BCUT2D eigenvalue weighted by atomic mass is 32.1. The lowest BCUT2D eigenvalue weighted by Gasteiger charge is -2.19. The van der Waals surface area contributed by atoms with Gasteiger partial charge < -0.3 is 9.13 Å². The highest BCUT2D eigenvalue weighted by Crippen LogP contribution is 2.57. The number of benzene rings is 20. The largest absolute Gasteiger partial charge is 0.306 e. The van der Waals surface area contributed by atoms with Crippen LogP contribution in [0.1, 0.15) is 0 Å². The fraction of sp³-hybridized carbons (Fsp3) is 0. The molecule has 12 heteroatoms. The molecule has 20 aromatic carbocycles. The van der Waals surface area contributed by atoms with Crippen LogP contribution in [0, 0.1) is 0 Å². The number of hydrogen-bond acceptors (Lipinski definition) is 9. The molecule has 0 fully saturated rings. The third kappa shape index (κ3) is 11.4. The lowest BCUT2D eigenvalue weighted by molar-refractivity contribution is 0.956. The molecule has 0 N–H and O–H groups in total. The van der Waals surface area contributed by atoms with Crippen LogP contribution in [0.3, 0.4) is 0 Å². The van der Waals surface area contributed by atoms with Gasteiger partial charge in [-0.2, -0.15) is 9.97 Å². The Morgan fingerprint density at radius 1 is 0.176 bits per heavy atom. The van der Waals surface area contributed by atoms with E-state index in [2.05, 4.69) is 390 Å². The second kappa shape index (κ2) is 29.6. The Bertz CT molecular complexity index is 9860. The third-order valence-electron chi connectivity index (χ3n) is 26.6. The zero-order valence-electron chi connectivity index (χ0n) is 69.9. The van der Waals surface area contributed by atoms with Gasteiger partial charge in [0.25, 0.3) is 0 Å². The van der Waals surface area contributed by atoms with Gasteiger partial charge in [0.1, 0.15) is 0 Å². The molecule has 30 aromatic rings. The summed E-state index contributed by atoms with van der Waals surface area (Å²) in [5.74, 6) is 1.95. The van der Waals surface area contributed by atoms with Crippen molar-refractivity contribution in [1.82, 2.24) is 28.7 Å². The van der Waals surface area contributed by atoms with Gasteiger partial charge in [0, 0.05) is 79.1 Å². The number of rotatable bonds is 7. The van der Waals surface area contributed by atoms with E-state index < -0.39 is 0 Å². The second-order valence-electron chi connectivity index (χ2n) is 33.7. The van der Waals surface area contributed by atoms with E-state index in [-0.39, 0.29) is 0 Å². The van der Waals surface area contributed by atoms with E-state index in [1.54, 1.807) is 0 Å². The van der Waals surface area contributed by atoms with Gasteiger partial charge in [-0.05, 0) is 129 Å². The normalized spacial score (nSPS) is 12.1. The standard InChI is InChI=1S/C44H25NS2.C40H23NS2.C35H20N4S2/c1-2-13-28-25-29(22-21-26(28)11-1)38-31-15-5-7-17-33(31)40(34-18-8-6-16-32(34)38)45-36-20-10-9-19-35(36)42-41(45)44-43(47-42)39-30-14-4-3-12-27(30)23-24-37(39)46-44;1-2-13-25(14-3-1)34-27-16-6-8-18-29(27)36(30-19-9-7-17-28(30)34)41-32-21-11-10-20-31(32)38-37(41)40-39(43-38)35-26-15-5-4-12-24(26)22-23-33(35)42-40;1-3-12-22(13-4-1)33-36-34(23-14-5-2-6-15-23)38-35(37-33)39-26-18-10-9-17-25(26)30-29(39)32-31(41-30)28-24-16-8-7-11-21(24)19-20-27(28)40-32/h1-25H;1-23H;1-20H. The van der Waals surface area contributed by atoms with Crippen molar-refractivity contribution >= 4 is 276 Å². The molecule has 0 saturated heterocycles.